The van der Waals surface area contributed by atoms with Crippen LogP contribution in [0.1, 0.15) is 46.0 Å². The van der Waals surface area contributed by atoms with E-state index in [2.05, 4.69) is 10.6 Å². The summed E-state index contributed by atoms with van der Waals surface area (Å²) < 4.78 is 0. The largest absolute Gasteiger partial charge is 0.481 e. The Morgan fingerprint density at radius 3 is 2.25 bits per heavy atom. The van der Waals surface area contributed by atoms with Gasteiger partial charge in [0.15, 0.2) is 0 Å². The van der Waals surface area contributed by atoms with Crippen LogP contribution in [0, 0.1) is 0 Å². The third-order valence-electron chi connectivity index (χ3n) is 4.32. The lowest BCUT2D eigenvalue weighted by Gasteiger charge is -2.34. The van der Waals surface area contributed by atoms with Crippen molar-refractivity contribution in [3.8, 4) is 0 Å². The summed E-state index contributed by atoms with van der Waals surface area (Å²) in [6.07, 6.45) is 3.42. The fourth-order valence-electron chi connectivity index (χ4n) is 2.43. The van der Waals surface area contributed by atoms with E-state index in [9.17, 15) is 9.59 Å². The first-order valence-corrected chi connectivity index (χ1v) is 7.12. The van der Waals surface area contributed by atoms with Gasteiger partial charge in [0.05, 0.1) is 12.0 Å². The lowest BCUT2D eigenvalue weighted by Crippen LogP contribution is -2.55. The molecular weight excluding hydrogens is 258 g/mol. The first-order chi connectivity index (χ1) is 9.17. The van der Waals surface area contributed by atoms with Crippen molar-refractivity contribution >= 4 is 12.0 Å². The van der Waals surface area contributed by atoms with E-state index in [-0.39, 0.29) is 18.0 Å². The second-order valence-electron chi connectivity index (χ2n) is 6.57. The van der Waals surface area contributed by atoms with Crippen molar-refractivity contribution in [2.75, 3.05) is 20.6 Å². The van der Waals surface area contributed by atoms with E-state index in [0.717, 1.165) is 25.7 Å². The Morgan fingerprint density at radius 1 is 1.25 bits per heavy atom. The van der Waals surface area contributed by atoms with Crippen molar-refractivity contribution in [1.82, 2.24) is 15.5 Å². The molecule has 0 heterocycles. The molecule has 0 unspecified atom stereocenters. The van der Waals surface area contributed by atoms with Crippen LogP contribution >= 0.6 is 0 Å². The summed E-state index contributed by atoms with van der Waals surface area (Å²) in [6.45, 7) is 4.58. The van der Waals surface area contributed by atoms with E-state index in [0.29, 0.717) is 6.54 Å². The zero-order valence-corrected chi connectivity index (χ0v) is 13.0. The molecule has 0 atom stereocenters. The van der Waals surface area contributed by atoms with Crippen LogP contribution in [0.25, 0.3) is 0 Å². The predicted molar refractivity (Wildman–Crippen MR) is 77.8 cm³/mol. The highest BCUT2D eigenvalue weighted by Crippen LogP contribution is 2.32. The van der Waals surface area contributed by atoms with E-state index in [1.54, 1.807) is 0 Å². The Labute approximate surface area is 120 Å². The van der Waals surface area contributed by atoms with Crippen LogP contribution in [0.15, 0.2) is 0 Å². The monoisotopic (exact) mass is 285 g/mol. The summed E-state index contributed by atoms with van der Waals surface area (Å²) in [5.41, 5.74) is -0.717. The van der Waals surface area contributed by atoms with E-state index in [4.69, 9.17) is 5.11 Å². The highest BCUT2D eigenvalue weighted by atomic mass is 16.4. The number of urea groups is 1. The van der Waals surface area contributed by atoms with Crippen molar-refractivity contribution < 1.29 is 14.7 Å². The van der Waals surface area contributed by atoms with Crippen LogP contribution < -0.4 is 10.6 Å². The average molecular weight is 285 g/mol. The number of nitrogens with one attached hydrogen (secondary N) is 2. The fourth-order valence-corrected chi connectivity index (χ4v) is 2.43. The summed E-state index contributed by atoms with van der Waals surface area (Å²) in [5.74, 6) is -0.860. The Kier molecular flexibility index (Phi) is 5.39. The van der Waals surface area contributed by atoms with Gasteiger partial charge in [0.1, 0.15) is 0 Å². The van der Waals surface area contributed by atoms with Gasteiger partial charge in [0, 0.05) is 12.1 Å². The minimum Gasteiger partial charge on any atom is -0.481 e. The highest BCUT2D eigenvalue weighted by molar-refractivity contribution is 5.77. The lowest BCUT2D eigenvalue weighted by atomic mass is 9.93. The number of hydrogen-bond donors (Lipinski definition) is 3. The molecule has 6 heteroatoms. The first-order valence-electron chi connectivity index (χ1n) is 7.12. The number of carboxylic acids is 1. The number of amides is 2. The minimum atomic E-state index is -0.860. The molecule has 2 amide bonds. The van der Waals surface area contributed by atoms with Crippen molar-refractivity contribution in [3.63, 3.8) is 0 Å². The molecule has 0 aromatic carbocycles. The molecule has 1 aliphatic carbocycles. The minimum absolute atomic E-state index is 0.00249. The summed E-state index contributed by atoms with van der Waals surface area (Å²) in [5, 5.41) is 14.7. The summed E-state index contributed by atoms with van der Waals surface area (Å²) >= 11 is 0. The van der Waals surface area contributed by atoms with Gasteiger partial charge >= 0.3 is 12.0 Å². The molecule has 0 saturated heterocycles. The third kappa shape index (κ3) is 4.67. The number of nitrogens with zero attached hydrogens (tertiary/aromatic N) is 1. The normalized spacial score (nSPS) is 18.1. The van der Waals surface area contributed by atoms with Gasteiger partial charge in [0.2, 0.25) is 0 Å². The molecule has 1 saturated carbocycles. The maximum atomic E-state index is 12.0. The quantitative estimate of drug-likeness (QED) is 0.689. The zero-order valence-electron chi connectivity index (χ0n) is 13.0. The lowest BCUT2D eigenvalue weighted by molar-refractivity contribution is -0.138. The molecule has 0 aromatic heterocycles. The van der Waals surface area contributed by atoms with Crippen LogP contribution in [0.3, 0.4) is 0 Å². The van der Waals surface area contributed by atoms with Crippen LogP contribution in [-0.4, -0.2) is 53.7 Å². The van der Waals surface area contributed by atoms with Crippen molar-refractivity contribution in [2.24, 2.45) is 0 Å². The van der Waals surface area contributed by atoms with E-state index in [1.165, 1.54) is 0 Å². The molecule has 0 aromatic rings. The number of hydrogen-bond acceptors (Lipinski definition) is 3. The molecular formula is C14H27N3O3. The summed E-state index contributed by atoms with van der Waals surface area (Å²) in [6, 6.07) is -0.275. The van der Waals surface area contributed by atoms with Gasteiger partial charge in [-0.2, -0.15) is 0 Å². The van der Waals surface area contributed by atoms with Crippen LogP contribution in [0.5, 0.6) is 0 Å². The molecule has 0 spiro atoms. The van der Waals surface area contributed by atoms with Gasteiger partial charge in [0.25, 0.3) is 0 Å². The molecule has 20 heavy (non-hydrogen) atoms. The van der Waals surface area contributed by atoms with Crippen LogP contribution in [0.2, 0.25) is 0 Å². The number of likely N-dealkylation sites (N-methyl/N-ethyl adjacent to an activating group) is 1. The van der Waals surface area contributed by atoms with Gasteiger partial charge in [-0.15, -0.1) is 0 Å². The molecule has 1 aliphatic rings. The maximum absolute atomic E-state index is 12.0. The van der Waals surface area contributed by atoms with Gasteiger partial charge in [-0.05, 0) is 40.8 Å². The Hall–Kier alpha value is -1.30. The second kappa shape index (κ2) is 6.43. The molecule has 0 bridgehead atoms. The van der Waals surface area contributed by atoms with Gasteiger partial charge in [-0.25, -0.2) is 4.79 Å². The summed E-state index contributed by atoms with van der Waals surface area (Å²) in [4.78, 5) is 25.0. The van der Waals surface area contributed by atoms with E-state index < -0.39 is 11.5 Å². The molecule has 0 radical (unpaired) electrons. The molecule has 0 aliphatic heterocycles. The van der Waals surface area contributed by atoms with Crippen LogP contribution in [-0.2, 0) is 4.79 Å². The predicted octanol–water partition coefficient (Wildman–Crippen LogP) is 1.41. The number of aliphatic carboxylic acids is 1. The standard InChI is InChI=1S/C14H27N3O3/c1-13(2,17(3)4)10-15-12(20)16-14(9-11(18)19)7-5-6-8-14/h5-10H2,1-4H3,(H,18,19)(H2,15,16,20). The summed E-state index contributed by atoms with van der Waals surface area (Å²) in [7, 11) is 3.92. The van der Waals surface area contributed by atoms with Gasteiger partial charge in [-0.1, -0.05) is 12.8 Å². The second-order valence-corrected chi connectivity index (χ2v) is 6.57. The first kappa shape index (κ1) is 16.8. The third-order valence-corrected chi connectivity index (χ3v) is 4.32. The molecule has 116 valence electrons. The van der Waals surface area contributed by atoms with Crippen LogP contribution in [0.4, 0.5) is 4.79 Å². The Morgan fingerprint density at radius 2 is 1.80 bits per heavy atom. The number of carbonyl (C=O) groups is 2. The molecule has 1 fully saturated rings. The number of carboxylic acid groups (broad SMARTS) is 1. The van der Waals surface area contributed by atoms with E-state index in [1.807, 2.05) is 32.8 Å². The van der Waals surface area contributed by atoms with Crippen molar-refractivity contribution in [2.45, 2.75) is 57.0 Å². The zero-order chi connectivity index (χ0) is 15.4. The number of carbonyl (C=O) groups excluding carboxylic acids is 1. The van der Waals surface area contributed by atoms with Gasteiger partial charge < -0.3 is 20.6 Å². The van der Waals surface area contributed by atoms with Gasteiger partial charge in [-0.3, -0.25) is 4.79 Å². The molecule has 1 rings (SSSR count). The van der Waals surface area contributed by atoms with Crippen molar-refractivity contribution in [1.29, 1.82) is 0 Å². The molecule has 3 N–H and O–H groups in total. The maximum Gasteiger partial charge on any atom is 0.315 e. The fraction of sp³-hybridized carbons (Fsp3) is 0.857. The smallest absolute Gasteiger partial charge is 0.315 e. The SMILES string of the molecule is CN(C)C(C)(C)CNC(=O)NC1(CC(=O)O)CCCC1. The van der Waals surface area contributed by atoms with Crippen molar-refractivity contribution in [3.05, 3.63) is 0 Å². The highest BCUT2D eigenvalue weighted by Gasteiger charge is 2.37. The molecule has 6 nitrogen and oxygen atoms in total. The Balaban J connectivity index is 2.53. The van der Waals surface area contributed by atoms with E-state index >= 15 is 0 Å². The number of rotatable bonds is 6. The average Bonchev–Trinajstić information content (AvgIpc) is 2.73. The Bertz CT molecular complexity index is 361. The topological polar surface area (TPSA) is 81.7 Å².